The van der Waals surface area contributed by atoms with Crippen LogP contribution in [0.15, 0.2) is 24.5 Å². The highest BCUT2D eigenvalue weighted by molar-refractivity contribution is 5.08. The predicted octanol–water partition coefficient (Wildman–Crippen LogP) is 1.37. The summed E-state index contributed by atoms with van der Waals surface area (Å²) in [7, 11) is 0. The Bertz CT molecular complexity index is 283. The molecule has 1 aromatic rings. The first-order chi connectivity index (χ1) is 7.02. The predicted molar refractivity (Wildman–Crippen MR) is 61.7 cm³/mol. The molecule has 0 aromatic carbocycles. The van der Waals surface area contributed by atoms with Crippen molar-refractivity contribution < 1.29 is 5.11 Å². The van der Waals surface area contributed by atoms with Crippen molar-refractivity contribution >= 4 is 0 Å². The van der Waals surface area contributed by atoms with Crippen LogP contribution in [0.1, 0.15) is 26.3 Å². The molecule has 15 heavy (non-hydrogen) atoms. The molecule has 2 N–H and O–H groups in total. The second kappa shape index (κ2) is 5.24. The Morgan fingerprint density at radius 1 is 1.53 bits per heavy atom. The third-order valence-corrected chi connectivity index (χ3v) is 2.76. The van der Waals surface area contributed by atoms with Gasteiger partial charge >= 0.3 is 0 Å². The SMILES string of the molecule is CC(O)C(C)(C)NCCc1cccnc1. The molecule has 0 saturated heterocycles. The molecule has 0 fully saturated rings. The van der Waals surface area contributed by atoms with Gasteiger partial charge in [0.15, 0.2) is 0 Å². The second-order valence-electron chi connectivity index (χ2n) is 4.44. The molecule has 0 aliphatic carbocycles. The van der Waals surface area contributed by atoms with Gasteiger partial charge in [-0.05, 0) is 45.4 Å². The number of nitrogens with zero attached hydrogens (tertiary/aromatic N) is 1. The zero-order chi connectivity index (χ0) is 11.3. The normalized spacial score (nSPS) is 13.9. The third kappa shape index (κ3) is 3.98. The molecule has 0 saturated carbocycles. The number of hydrogen-bond acceptors (Lipinski definition) is 3. The van der Waals surface area contributed by atoms with Crippen LogP contribution >= 0.6 is 0 Å². The summed E-state index contributed by atoms with van der Waals surface area (Å²) in [6, 6.07) is 4.00. The van der Waals surface area contributed by atoms with E-state index in [9.17, 15) is 5.11 Å². The van der Waals surface area contributed by atoms with Crippen LogP contribution in [0.3, 0.4) is 0 Å². The maximum Gasteiger partial charge on any atom is 0.0688 e. The van der Waals surface area contributed by atoms with Crippen molar-refractivity contribution in [3.63, 3.8) is 0 Å². The quantitative estimate of drug-likeness (QED) is 0.768. The lowest BCUT2D eigenvalue weighted by Crippen LogP contribution is -2.48. The van der Waals surface area contributed by atoms with Gasteiger partial charge in [0.1, 0.15) is 0 Å². The zero-order valence-corrected chi connectivity index (χ0v) is 9.70. The number of aromatic nitrogens is 1. The topological polar surface area (TPSA) is 45.1 Å². The van der Waals surface area contributed by atoms with E-state index in [0.29, 0.717) is 0 Å². The van der Waals surface area contributed by atoms with Crippen molar-refractivity contribution in [1.29, 1.82) is 0 Å². The van der Waals surface area contributed by atoms with E-state index in [4.69, 9.17) is 0 Å². The first-order valence-electron chi connectivity index (χ1n) is 5.34. The first kappa shape index (κ1) is 12.1. The van der Waals surface area contributed by atoms with Crippen molar-refractivity contribution in [2.75, 3.05) is 6.54 Å². The van der Waals surface area contributed by atoms with Gasteiger partial charge in [0, 0.05) is 17.9 Å². The standard InChI is InChI=1S/C12H20N2O/c1-10(15)12(2,3)14-8-6-11-5-4-7-13-9-11/h4-5,7,9-10,14-15H,6,8H2,1-3H3. The second-order valence-corrected chi connectivity index (χ2v) is 4.44. The lowest BCUT2D eigenvalue weighted by atomic mass is 9.98. The maximum atomic E-state index is 9.50. The summed E-state index contributed by atoms with van der Waals surface area (Å²) in [5.74, 6) is 0. The van der Waals surface area contributed by atoms with Gasteiger partial charge in [-0.15, -0.1) is 0 Å². The van der Waals surface area contributed by atoms with Crippen molar-refractivity contribution in [2.24, 2.45) is 0 Å². The fraction of sp³-hybridized carbons (Fsp3) is 0.583. The zero-order valence-electron chi connectivity index (χ0n) is 9.70. The minimum Gasteiger partial charge on any atom is -0.392 e. The van der Waals surface area contributed by atoms with Crippen LogP contribution in [-0.4, -0.2) is 28.3 Å². The molecule has 0 amide bonds. The Morgan fingerprint density at radius 3 is 2.80 bits per heavy atom. The molecule has 0 bridgehead atoms. The van der Waals surface area contributed by atoms with Gasteiger partial charge in [0.05, 0.1) is 6.10 Å². The molecular formula is C12H20N2O. The molecular weight excluding hydrogens is 188 g/mol. The van der Waals surface area contributed by atoms with Gasteiger partial charge in [-0.2, -0.15) is 0 Å². The molecule has 3 heteroatoms. The van der Waals surface area contributed by atoms with Gasteiger partial charge in [0.2, 0.25) is 0 Å². The minimum atomic E-state index is -0.355. The van der Waals surface area contributed by atoms with Gasteiger partial charge in [-0.3, -0.25) is 4.98 Å². The average Bonchev–Trinajstić information content (AvgIpc) is 2.19. The van der Waals surface area contributed by atoms with Crippen LogP contribution in [0.4, 0.5) is 0 Å². The summed E-state index contributed by atoms with van der Waals surface area (Å²) in [5.41, 5.74) is 0.980. The number of nitrogens with one attached hydrogen (secondary N) is 1. The maximum absolute atomic E-state index is 9.50. The van der Waals surface area contributed by atoms with Crippen LogP contribution in [0, 0.1) is 0 Å². The highest BCUT2D eigenvalue weighted by atomic mass is 16.3. The fourth-order valence-corrected chi connectivity index (χ4v) is 1.22. The highest BCUT2D eigenvalue weighted by Gasteiger charge is 2.22. The van der Waals surface area contributed by atoms with Gasteiger partial charge in [-0.25, -0.2) is 0 Å². The molecule has 1 atom stereocenters. The van der Waals surface area contributed by atoms with Gasteiger partial charge in [-0.1, -0.05) is 6.07 Å². The van der Waals surface area contributed by atoms with Gasteiger partial charge in [0.25, 0.3) is 0 Å². The van der Waals surface area contributed by atoms with Crippen LogP contribution in [0.5, 0.6) is 0 Å². The van der Waals surface area contributed by atoms with E-state index in [2.05, 4.69) is 16.4 Å². The molecule has 3 nitrogen and oxygen atoms in total. The molecule has 0 spiro atoms. The summed E-state index contributed by atoms with van der Waals surface area (Å²) >= 11 is 0. The molecule has 1 unspecified atom stereocenters. The smallest absolute Gasteiger partial charge is 0.0688 e. The summed E-state index contributed by atoms with van der Waals surface area (Å²) in [6.07, 6.45) is 4.23. The van der Waals surface area contributed by atoms with Crippen LogP contribution in [-0.2, 0) is 6.42 Å². The van der Waals surface area contributed by atoms with E-state index in [-0.39, 0.29) is 11.6 Å². The Labute approximate surface area is 91.5 Å². The Hall–Kier alpha value is -0.930. The van der Waals surface area contributed by atoms with Crippen LogP contribution < -0.4 is 5.32 Å². The fourth-order valence-electron chi connectivity index (χ4n) is 1.22. The summed E-state index contributed by atoms with van der Waals surface area (Å²) in [4.78, 5) is 4.06. The van der Waals surface area contributed by atoms with E-state index in [0.717, 1.165) is 13.0 Å². The molecule has 0 radical (unpaired) electrons. The highest BCUT2D eigenvalue weighted by Crippen LogP contribution is 2.08. The lowest BCUT2D eigenvalue weighted by Gasteiger charge is -2.29. The number of rotatable bonds is 5. The van der Waals surface area contributed by atoms with Crippen molar-refractivity contribution in [3.05, 3.63) is 30.1 Å². The van der Waals surface area contributed by atoms with Gasteiger partial charge < -0.3 is 10.4 Å². The Balaban J connectivity index is 2.34. The van der Waals surface area contributed by atoms with E-state index in [1.807, 2.05) is 26.1 Å². The molecule has 0 aliphatic heterocycles. The summed E-state index contributed by atoms with van der Waals surface area (Å²) < 4.78 is 0. The monoisotopic (exact) mass is 208 g/mol. The first-order valence-corrected chi connectivity index (χ1v) is 5.34. The minimum absolute atomic E-state index is 0.234. The van der Waals surface area contributed by atoms with E-state index >= 15 is 0 Å². The summed E-state index contributed by atoms with van der Waals surface area (Å²) in [6.45, 7) is 6.66. The third-order valence-electron chi connectivity index (χ3n) is 2.76. The molecule has 1 aromatic heterocycles. The van der Waals surface area contributed by atoms with E-state index in [1.165, 1.54) is 5.56 Å². The van der Waals surface area contributed by atoms with E-state index in [1.54, 1.807) is 13.1 Å². The molecule has 1 heterocycles. The van der Waals surface area contributed by atoms with Crippen molar-refractivity contribution in [2.45, 2.75) is 38.8 Å². The van der Waals surface area contributed by atoms with Crippen molar-refractivity contribution in [3.8, 4) is 0 Å². The number of aliphatic hydroxyl groups excluding tert-OH is 1. The Morgan fingerprint density at radius 2 is 2.27 bits per heavy atom. The average molecular weight is 208 g/mol. The van der Waals surface area contributed by atoms with E-state index < -0.39 is 0 Å². The molecule has 0 aliphatic rings. The number of aliphatic hydroxyl groups is 1. The Kier molecular flexibility index (Phi) is 4.24. The lowest BCUT2D eigenvalue weighted by molar-refractivity contribution is 0.0973. The van der Waals surface area contributed by atoms with Crippen LogP contribution in [0.25, 0.3) is 0 Å². The number of pyridine rings is 1. The molecule has 1 rings (SSSR count). The van der Waals surface area contributed by atoms with Crippen molar-refractivity contribution in [1.82, 2.24) is 10.3 Å². The molecule has 84 valence electrons. The number of hydrogen-bond donors (Lipinski definition) is 2. The van der Waals surface area contributed by atoms with Crippen LogP contribution in [0.2, 0.25) is 0 Å². The largest absolute Gasteiger partial charge is 0.392 e. The summed E-state index contributed by atoms with van der Waals surface area (Å²) in [5, 5.41) is 12.8.